The Balaban J connectivity index is 4.25. The Morgan fingerprint density at radius 1 is 0.718 bits per heavy atom. The molecule has 0 aliphatic heterocycles. The molecule has 0 bridgehead atoms. The average molecular weight is 554 g/mol. The molecule has 5 heteroatoms. The van der Waals surface area contributed by atoms with Gasteiger partial charge in [0.05, 0.1) is 13.2 Å². The van der Waals surface area contributed by atoms with Gasteiger partial charge in [0.1, 0.15) is 12.4 Å². The highest BCUT2D eigenvalue weighted by Crippen LogP contribution is 2.19. The van der Waals surface area contributed by atoms with Gasteiger partial charge < -0.3 is 19.2 Å². The summed E-state index contributed by atoms with van der Waals surface area (Å²) in [4.78, 5) is 26.1. The van der Waals surface area contributed by atoms with E-state index in [2.05, 4.69) is 32.6 Å². The van der Waals surface area contributed by atoms with Crippen molar-refractivity contribution < 1.29 is 19.1 Å². The Morgan fingerprint density at radius 3 is 1.82 bits per heavy atom. The molecule has 0 radical (unpaired) electrons. The molecule has 0 aromatic rings. The van der Waals surface area contributed by atoms with E-state index in [9.17, 15) is 9.59 Å². The van der Waals surface area contributed by atoms with Crippen molar-refractivity contribution in [2.75, 3.05) is 33.9 Å². The van der Waals surface area contributed by atoms with E-state index in [1.807, 2.05) is 14.1 Å². The molecule has 0 N–H and O–H groups in total. The zero-order chi connectivity index (χ0) is 29.1. The predicted molar refractivity (Wildman–Crippen MR) is 166 cm³/mol. The van der Waals surface area contributed by atoms with E-state index in [0.29, 0.717) is 19.6 Å². The molecular weight excluding hydrogens is 486 g/mol. The Bertz CT molecular complexity index is 547. The lowest BCUT2D eigenvalue weighted by atomic mass is 9.95. The third-order valence-corrected chi connectivity index (χ3v) is 8.01. The summed E-state index contributed by atoms with van der Waals surface area (Å²) in [5.41, 5.74) is 0. The molecule has 232 valence electrons. The van der Waals surface area contributed by atoms with E-state index < -0.39 is 0 Å². The number of nitrogens with zero attached hydrogens (tertiary/aromatic N) is 1. The fourth-order valence-corrected chi connectivity index (χ4v) is 5.20. The van der Waals surface area contributed by atoms with Gasteiger partial charge in [0, 0.05) is 12.3 Å². The molecule has 0 heterocycles. The number of carbonyl (C=O) groups is 2. The van der Waals surface area contributed by atoms with Crippen LogP contribution in [-0.4, -0.2) is 57.1 Å². The first-order valence-electron chi connectivity index (χ1n) is 16.7. The summed E-state index contributed by atoms with van der Waals surface area (Å²) < 4.78 is 11.8. The van der Waals surface area contributed by atoms with Gasteiger partial charge in [-0.25, -0.2) is 0 Å². The van der Waals surface area contributed by atoms with Crippen molar-refractivity contribution in [3.63, 3.8) is 0 Å². The molecule has 0 amide bonds. The van der Waals surface area contributed by atoms with Crippen LogP contribution >= 0.6 is 0 Å². The fraction of sp³-hybridized carbons (Fsp3) is 0.941. The summed E-state index contributed by atoms with van der Waals surface area (Å²) >= 11 is 0. The summed E-state index contributed by atoms with van der Waals surface area (Å²) in [6, 6.07) is 0. The van der Waals surface area contributed by atoms with Crippen molar-refractivity contribution in [1.82, 2.24) is 4.90 Å². The highest BCUT2D eigenvalue weighted by Gasteiger charge is 2.17. The van der Waals surface area contributed by atoms with Crippen LogP contribution in [0.2, 0.25) is 0 Å². The number of rotatable bonds is 29. The number of esters is 1. The lowest BCUT2D eigenvalue weighted by Crippen LogP contribution is -2.26. The maximum Gasteiger partial charge on any atom is 0.306 e. The second-order valence-electron chi connectivity index (χ2n) is 12.6. The summed E-state index contributed by atoms with van der Waals surface area (Å²) in [5.74, 6) is 1.47. The lowest BCUT2D eigenvalue weighted by molar-refractivity contribution is -0.153. The van der Waals surface area contributed by atoms with Gasteiger partial charge in [0.25, 0.3) is 0 Å². The van der Waals surface area contributed by atoms with E-state index in [0.717, 1.165) is 56.8 Å². The van der Waals surface area contributed by atoms with Gasteiger partial charge >= 0.3 is 5.97 Å². The Morgan fingerprint density at radius 2 is 1.26 bits per heavy atom. The first-order valence-corrected chi connectivity index (χ1v) is 16.7. The van der Waals surface area contributed by atoms with Crippen molar-refractivity contribution in [2.45, 2.75) is 156 Å². The second-order valence-corrected chi connectivity index (χ2v) is 12.6. The number of unbranched alkanes of at least 4 members (excludes halogenated alkanes) is 9. The average Bonchev–Trinajstić information content (AvgIpc) is 2.90. The van der Waals surface area contributed by atoms with Gasteiger partial charge in [0.2, 0.25) is 0 Å². The normalized spacial score (nSPS) is 13.4. The smallest absolute Gasteiger partial charge is 0.306 e. The highest BCUT2D eigenvalue weighted by molar-refractivity contribution is 5.69. The van der Waals surface area contributed by atoms with Crippen LogP contribution in [-0.2, 0) is 19.1 Å². The Hall–Kier alpha value is -0.940. The number of carbonyl (C=O) groups excluding carboxylic acids is 2. The van der Waals surface area contributed by atoms with Crippen LogP contribution in [0.3, 0.4) is 0 Å². The molecule has 2 atom stereocenters. The number of hydrogen-bond donors (Lipinski definition) is 0. The summed E-state index contributed by atoms with van der Waals surface area (Å²) in [7, 11) is 4.03. The number of aldehydes is 1. The Labute approximate surface area is 243 Å². The molecule has 0 aromatic carbocycles. The predicted octanol–water partition coefficient (Wildman–Crippen LogP) is 9.02. The number of hydrogen-bond acceptors (Lipinski definition) is 5. The van der Waals surface area contributed by atoms with Crippen LogP contribution in [0.5, 0.6) is 0 Å². The van der Waals surface area contributed by atoms with Gasteiger partial charge in [-0.15, -0.1) is 0 Å². The molecule has 0 saturated carbocycles. The van der Waals surface area contributed by atoms with Crippen molar-refractivity contribution in [3.05, 3.63) is 0 Å². The second kappa shape index (κ2) is 27.2. The molecule has 0 fully saturated rings. The molecule has 0 saturated heterocycles. The molecule has 2 unspecified atom stereocenters. The third-order valence-electron chi connectivity index (χ3n) is 8.01. The topological polar surface area (TPSA) is 55.8 Å². The van der Waals surface area contributed by atoms with Crippen molar-refractivity contribution in [1.29, 1.82) is 0 Å². The van der Waals surface area contributed by atoms with E-state index >= 15 is 0 Å². The molecule has 39 heavy (non-hydrogen) atoms. The van der Waals surface area contributed by atoms with Gasteiger partial charge in [-0.05, 0) is 58.2 Å². The molecule has 0 aromatic heterocycles. The van der Waals surface area contributed by atoms with Crippen LogP contribution in [0.15, 0.2) is 0 Å². The third kappa shape index (κ3) is 25.8. The first-order chi connectivity index (χ1) is 18.8. The maximum absolute atomic E-state index is 12.4. The van der Waals surface area contributed by atoms with Crippen molar-refractivity contribution >= 4 is 12.3 Å². The molecule has 0 spiro atoms. The summed E-state index contributed by atoms with van der Waals surface area (Å²) in [6.45, 7) is 10.9. The maximum atomic E-state index is 12.4. The van der Waals surface area contributed by atoms with E-state index in [-0.39, 0.29) is 18.0 Å². The molecule has 0 aliphatic rings. The lowest BCUT2D eigenvalue weighted by Gasteiger charge is -2.20. The van der Waals surface area contributed by atoms with E-state index in [1.165, 1.54) is 83.5 Å². The van der Waals surface area contributed by atoms with Gasteiger partial charge in [0.15, 0.2) is 0 Å². The minimum atomic E-state index is -0.210. The summed E-state index contributed by atoms with van der Waals surface area (Å²) in [5, 5.41) is 0. The quantitative estimate of drug-likeness (QED) is 0.0525. The van der Waals surface area contributed by atoms with Crippen molar-refractivity contribution in [3.8, 4) is 0 Å². The Kier molecular flexibility index (Phi) is 26.6. The zero-order valence-corrected chi connectivity index (χ0v) is 27.0. The van der Waals surface area contributed by atoms with Gasteiger partial charge in [-0.1, -0.05) is 118 Å². The monoisotopic (exact) mass is 554 g/mol. The summed E-state index contributed by atoms with van der Waals surface area (Å²) in [6.07, 6.45) is 22.7. The van der Waals surface area contributed by atoms with Gasteiger partial charge in [-0.3, -0.25) is 4.79 Å². The van der Waals surface area contributed by atoms with Crippen LogP contribution in [0.1, 0.15) is 150 Å². The standard InChI is InChI=1S/C34H67NO4/c1-7-31(8-2)22-18-15-19-24-33(39-34(37)25-20-26-35(5)6)29-38-28-32(27-36)23-17-14-12-10-9-11-13-16-21-30(3)4/h27,30-33H,7-26,28-29H2,1-6H3. The van der Waals surface area contributed by atoms with Crippen LogP contribution in [0, 0.1) is 17.8 Å². The molecule has 0 aliphatic carbocycles. The number of ether oxygens (including phenoxy) is 2. The van der Waals surface area contributed by atoms with Gasteiger partial charge in [-0.2, -0.15) is 0 Å². The minimum absolute atomic E-state index is 0.0579. The minimum Gasteiger partial charge on any atom is -0.460 e. The van der Waals surface area contributed by atoms with E-state index in [4.69, 9.17) is 9.47 Å². The van der Waals surface area contributed by atoms with Crippen molar-refractivity contribution in [2.24, 2.45) is 17.8 Å². The van der Waals surface area contributed by atoms with Crippen LogP contribution < -0.4 is 0 Å². The van der Waals surface area contributed by atoms with Crippen LogP contribution in [0.4, 0.5) is 0 Å². The van der Waals surface area contributed by atoms with E-state index in [1.54, 1.807) is 0 Å². The van der Waals surface area contributed by atoms with Crippen LogP contribution in [0.25, 0.3) is 0 Å². The zero-order valence-electron chi connectivity index (χ0n) is 27.0. The fourth-order valence-electron chi connectivity index (χ4n) is 5.20. The SMILES string of the molecule is CCC(CC)CCCCCC(COCC(C=O)CCCCCCCCCCC(C)C)OC(=O)CCCN(C)C. The molecular formula is C34H67NO4. The highest BCUT2D eigenvalue weighted by atomic mass is 16.6. The first kappa shape index (κ1) is 38.1. The molecule has 5 nitrogen and oxygen atoms in total. The largest absolute Gasteiger partial charge is 0.460 e. The molecule has 0 rings (SSSR count).